The molecule has 1 atom stereocenters. The lowest BCUT2D eigenvalue weighted by molar-refractivity contribution is 0.564. The van der Waals surface area contributed by atoms with Crippen molar-refractivity contribution >= 4 is 11.3 Å². The van der Waals surface area contributed by atoms with Crippen LogP contribution in [0.2, 0.25) is 0 Å². The minimum absolute atomic E-state index is 2.00. The molecule has 10 heavy (non-hydrogen) atoms. The van der Waals surface area contributed by atoms with Gasteiger partial charge in [0.25, 0.3) is 11.3 Å². The van der Waals surface area contributed by atoms with Gasteiger partial charge in [-0.05, 0) is 5.14 Å². The molecule has 2 radical (unpaired) electrons. The first-order chi connectivity index (χ1) is 4.73. The normalized spacial score (nSPS) is 11.0. The molecular weight excluding hydrogens is 150 g/mol. The predicted molar refractivity (Wildman–Crippen MR) is 39.3 cm³/mol. The minimum atomic E-state index is -2.61. The third-order valence-electron chi connectivity index (χ3n) is 0.667. The van der Waals surface area contributed by atoms with E-state index in [0.29, 0.717) is 0 Å². The van der Waals surface area contributed by atoms with Gasteiger partial charge in [0.1, 0.15) is 0 Å². The quantitative estimate of drug-likeness (QED) is 0.568. The van der Waals surface area contributed by atoms with Crippen LogP contribution in [0, 0.1) is 0 Å². The van der Waals surface area contributed by atoms with Gasteiger partial charge in [-0.3, -0.25) is 4.55 Å². The van der Waals surface area contributed by atoms with Crippen LogP contribution in [0.15, 0.2) is 36.4 Å². The van der Waals surface area contributed by atoms with E-state index in [1.807, 2.05) is 36.4 Å². The number of nitrogens with zero attached hydrogens (tertiary/aromatic N) is 1. The molecule has 0 saturated carbocycles. The van der Waals surface area contributed by atoms with E-state index in [9.17, 15) is 0 Å². The van der Waals surface area contributed by atoms with E-state index in [1.165, 1.54) is 0 Å². The molecule has 0 aliphatic rings. The summed E-state index contributed by atoms with van der Waals surface area (Å²) in [6.45, 7) is 0. The summed E-state index contributed by atoms with van der Waals surface area (Å²) in [5.41, 5.74) is 0. The van der Waals surface area contributed by atoms with Crippen molar-refractivity contribution in [2.75, 3.05) is 0 Å². The molecule has 54 valence electrons. The second-order valence-corrected chi connectivity index (χ2v) is 1.85. The molecule has 0 spiro atoms. The van der Waals surface area contributed by atoms with Gasteiger partial charge >= 0.3 is 0 Å². The highest BCUT2D eigenvalue weighted by Gasteiger charge is 1.66. The summed E-state index contributed by atoms with van der Waals surface area (Å²) in [6, 6.07) is 12.0. The summed E-state index contributed by atoms with van der Waals surface area (Å²) in [5.74, 6) is 0. The molecule has 4 heteroatoms. The smallest absolute Gasteiger partial charge is 0.268 e. The fraction of sp³-hybridized carbons (Fsp3) is 0. The number of benzene rings is 1. The molecule has 1 aromatic rings. The van der Waals surface area contributed by atoms with Crippen LogP contribution < -0.4 is 5.14 Å². The van der Waals surface area contributed by atoms with Crippen molar-refractivity contribution in [3.63, 3.8) is 0 Å². The zero-order valence-electron chi connectivity index (χ0n) is 5.18. The highest BCUT2D eigenvalue weighted by atomic mass is 32.2. The Labute approximate surface area is 62.3 Å². The average Bonchev–Trinajstić information content (AvgIpc) is 1.90. The predicted octanol–water partition coefficient (Wildman–Crippen LogP) is 0.878. The molecule has 1 rings (SSSR count). The van der Waals surface area contributed by atoms with Gasteiger partial charge in [-0.25, -0.2) is 4.21 Å². The summed E-state index contributed by atoms with van der Waals surface area (Å²) >= 11 is -2.61. The fourth-order valence-electron chi connectivity index (χ4n) is 0.385. The lowest BCUT2D eigenvalue weighted by atomic mass is 10.4. The van der Waals surface area contributed by atoms with Crippen molar-refractivity contribution in [3.8, 4) is 0 Å². The van der Waals surface area contributed by atoms with E-state index in [-0.39, 0.29) is 0 Å². The Morgan fingerprint density at radius 1 is 1.00 bits per heavy atom. The second kappa shape index (κ2) is 6.41. The van der Waals surface area contributed by atoms with Crippen molar-refractivity contribution in [1.82, 2.24) is 5.14 Å². The first-order valence-corrected chi connectivity index (χ1v) is 3.60. The maximum atomic E-state index is 8.67. The van der Waals surface area contributed by atoms with E-state index in [0.717, 1.165) is 0 Å². The molecule has 0 aromatic heterocycles. The highest BCUT2D eigenvalue weighted by molar-refractivity contribution is 7.76. The van der Waals surface area contributed by atoms with Crippen LogP contribution >= 0.6 is 0 Å². The van der Waals surface area contributed by atoms with Crippen LogP contribution in [-0.2, 0) is 11.3 Å². The first-order valence-electron chi connectivity index (χ1n) is 2.53. The van der Waals surface area contributed by atoms with E-state index in [4.69, 9.17) is 13.9 Å². The monoisotopic (exact) mass is 157 g/mol. The Morgan fingerprint density at radius 2 is 1.10 bits per heavy atom. The molecule has 0 saturated heterocycles. The van der Waals surface area contributed by atoms with Crippen LogP contribution in [0.25, 0.3) is 0 Å². The molecule has 0 heterocycles. The SMILES string of the molecule is [N]S(=O)O.c1ccccc1. The van der Waals surface area contributed by atoms with Crippen LogP contribution in [0.5, 0.6) is 0 Å². The number of hydrogen-bond donors (Lipinski definition) is 1. The van der Waals surface area contributed by atoms with Crippen LogP contribution in [0.1, 0.15) is 0 Å². The lowest BCUT2D eigenvalue weighted by Gasteiger charge is -1.69. The van der Waals surface area contributed by atoms with Crippen molar-refractivity contribution in [2.45, 2.75) is 0 Å². The largest absolute Gasteiger partial charge is 0.292 e. The molecule has 1 unspecified atom stereocenters. The standard InChI is InChI=1S/C6H6.HNO2S/c1-2-4-6-5-3-1;1-4(2)3/h1-6H;(H,2,3). The van der Waals surface area contributed by atoms with Gasteiger partial charge in [-0.15, -0.1) is 0 Å². The Morgan fingerprint density at radius 3 is 1.20 bits per heavy atom. The maximum absolute atomic E-state index is 8.67. The van der Waals surface area contributed by atoms with Gasteiger partial charge in [0.15, 0.2) is 0 Å². The lowest BCUT2D eigenvalue weighted by Crippen LogP contribution is -1.78. The van der Waals surface area contributed by atoms with Gasteiger partial charge in [-0.2, -0.15) is 0 Å². The average molecular weight is 157 g/mol. The fourth-order valence-corrected chi connectivity index (χ4v) is 0.385. The molecule has 0 fully saturated rings. The first kappa shape index (κ1) is 9.29. The van der Waals surface area contributed by atoms with Gasteiger partial charge in [0, 0.05) is 0 Å². The van der Waals surface area contributed by atoms with Crippen molar-refractivity contribution in [3.05, 3.63) is 36.4 Å². The molecule has 0 amide bonds. The third kappa shape index (κ3) is 10.3. The Kier molecular flexibility index (Phi) is 5.96. The summed E-state index contributed by atoms with van der Waals surface area (Å²) in [4.78, 5) is 0. The summed E-state index contributed by atoms with van der Waals surface area (Å²) in [5, 5.41) is 7.08. The molecule has 1 N–H and O–H groups in total. The van der Waals surface area contributed by atoms with E-state index >= 15 is 0 Å². The highest BCUT2D eigenvalue weighted by Crippen LogP contribution is 1.79. The number of hydrogen-bond acceptors (Lipinski definition) is 1. The zero-order chi connectivity index (χ0) is 7.82. The van der Waals surface area contributed by atoms with Crippen LogP contribution in [0.3, 0.4) is 0 Å². The number of rotatable bonds is 0. The zero-order valence-corrected chi connectivity index (χ0v) is 5.99. The molecule has 0 aliphatic heterocycles. The van der Waals surface area contributed by atoms with E-state index in [1.54, 1.807) is 0 Å². The summed E-state index contributed by atoms with van der Waals surface area (Å²) in [7, 11) is 0. The van der Waals surface area contributed by atoms with Crippen LogP contribution in [0.4, 0.5) is 0 Å². The molecule has 0 aliphatic carbocycles. The van der Waals surface area contributed by atoms with Crippen molar-refractivity contribution in [2.24, 2.45) is 0 Å². The molecular formula is C6H7NO2S. The molecule has 1 aromatic carbocycles. The maximum Gasteiger partial charge on any atom is 0.268 e. The van der Waals surface area contributed by atoms with E-state index < -0.39 is 11.3 Å². The third-order valence-corrected chi connectivity index (χ3v) is 0.667. The van der Waals surface area contributed by atoms with Gasteiger partial charge in [-0.1, -0.05) is 36.4 Å². The van der Waals surface area contributed by atoms with E-state index in [2.05, 4.69) is 0 Å². The van der Waals surface area contributed by atoms with Gasteiger partial charge in [0.05, 0.1) is 0 Å². The summed E-state index contributed by atoms with van der Waals surface area (Å²) in [6.07, 6.45) is 0. The minimum Gasteiger partial charge on any atom is -0.292 e. The molecule has 3 nitrogen and oxygen atoms in total. The second-order valence-electron chi connectivity index (χ2n) is 1.39. The van der Waals surface area contributed by atoms with Crippen LogP contribution in [-0.4, -0.2) is 8.76 Å². The Bertz CT molecular complexity index is 148. The van der Waals surface area contributed by atoms with Gasteiger partial charge < -0.3 is 0 Å². The molecule has 0 bridgehead atoms. The van der Waals surface area contributed by atoms with Crippen molar-refractivity contribution in [1.29, 1.82) is 0 Å². The van der Waals surface area contributed by atoms with Crippen molar-refractivity contribution < 1.29 is 8.76 Å². The summed E-state index contributed by atoms with van der Waals surface area (Å²) < 4.78 is 15.8. The Hall–Kier alpha value is -0.710. The van der Waals surface area contributed by atoms with Gasteiger partial charge in [0.2, 0.25) is 0 Å². The topological polar surface area (TPSA) is 59.6 Å². The Balaban J connectivity index is 0.000000180.